The first-order valence-electron chi connectivity index (χ1n) is 8.10. The average Bonchev–Trinajstić information content (AvgIpc) is 3.09. The SMILES string of the molecule is Cc1nc(N)ncc1-c1cc(-c2ccc3c(c2)OCO3)c(Cl)c(S(N)(=O)=O)c1. The number of rotatable bonds is 3. The van der Waals surface area contributed by atoms with Crippen molar-refractivity contribution in [2.24, 2.45) is 5.14 Å². The van der Waals surface area contributed by atoms with E-state index in [1.807, 2.05) is 0 Å². The van der Waals surface area contributed by atoms with Gasteiger partial charge in [0.2, 0.25) is 22.8 Å². The maximum absolute atomic E-state index is 12.1. The maximum atomic E-state index is 12.1. The molecule has 4 rings (SSSR count). The highest BCUT2D eigenvalue weighted by atomic mass is 35.5. The number of hydrogen-bond acceptors (Lipinski definition) is 7. The van der Waals surface area contributed by atoms with Gasteiger partial charge in [0.05, 0.1) is 10.7 Å². The lowest BCUT2D eigenvalue weighted by atomic mass is 9.98. The van der Waals surface area contributed by atoms with E-state index in [1.165, 1.54) is 12.3 Å². The lowest BCUT2D eigenvalue weighted by molar-refractivity contribution is 0.174. The highest BCUT2D eigenvalue weighted by Gasteiger charge is 2.22. The van der Waals surface area contributed by atoms with E-state index in [0.29, 0.717) is 39.4 Å². The molecule has 8 nitrogen and oxygen atoms in total. The molecule has 1 aliphatic rings. The molecule has 0 fully saturated rings. The molecule has 4 N–H and O–H groups in total. The number of benzene rings is 2. The van der Waals surface area contributed by atoms with Gasteiger partial charge in [0, 0.05) is 17.3 Å². The molecular formula is C18H15ClN4O4S. The van der Waals surface area contributed by atoms with Crippen molar-refractivity contribution in [3.8, 4) is 33.8 Å². The van der Waals surface area contributed by atoms with Crippen molar-refractivity contribution >= 4 is 27.6 Å². The second-order valence-electron chi connectivity index (χ2n) is 6.18. The number of aromatic nitrogens is 2. The van der Waals surface area contributed by atoms with Gasteiger partial charge >= 0.3 is 0 Å². The molecule has 0 amide bonds. The van der Waals surface area contributed by atoms with E-state index in [1.54, 1.807) is 31.2 Å². The van der Waals surface area contributed by atoms with Crippen molar-refractivity contribution in [1.82, 2.24) is 9.97 Å². The molecule has 1 aromatic heterocycles. The van der Waals surface area contributed by atoms with Gasteiger partial charge in [-0.05, 0) is 42.3 Å². The minimum Gasteiger partial charge on any atom is -0.454 e. The molecule has 10 heteroatoms. The van der Waals surface area contributed by atoms with Crippen molar-refractivity contribution in [1.29, 1.82) is 0 Å². The molecule has 1 aliphatic heterocycles. The van der Waals surface area contributed by atoms with Gasteiger partial charge in [0.1, 0.15) is 4.90 Å². The van der Waals surface area contributed by atoms with Crippen LogP contribution in [0, 0.1) is 6.92 Å². The smallest absolute Gasteiger partial charge is 0.239 e. The normalized spacial score (nSPS) is 13.0. The van der Waals surface area contributed by atoms with Crippen LogP contribution in [0.5, 0.6) is 11.5 Å². The molecule has 0 bridgehead atoms. The number of nitrogens with two attached hydrogens (primary N) is 2. The van der Waals surface area contributed by atoms with Gasteiger partial charge in [-0.15, -0.1) is 0 Å². The van der Waals surface area contributed by atoms with E-state index in [0.717, 1.165) is 0 Å². The Bertz CT molecular complexity index is 1210. The van der Waals surface area contributed by atoms with Crippen molar-refractivity contribution in [2.45, 2.75) is 11.8 Å². The van der Waals surface area contributed by atoms with E-state index < -0.39 is 10.0 Å². The molecule has 0 atom stereocenters. The van der Waals surface area contributed by atoms with Crippen LogP contribution in [0.15, 0.2) is 41.4 Å². The van der Waals surface area contributed by atoms with Gasteiger partial charge in [-0.1, -0.05) is 17.7 Å². The van der Waals surface area contributed by atoms with Crippen LogP contribution in [-0.4, -0.2) is 25.2 Å². The Kier molecular flexibility index (Phi) is 4.37. The van der Waals surface area contributed by atoms with Crippen molar-refractivity contribution < 1.29 is 17.9 Å². The number of nitrogen functional groups attached to an aromatic ring is 1. The summed E-state index contributed by atoms with van der Waals surface area (Å²) >= 11 is 6.42. The third kappa shape index (κ3) is 3.24. The average molecular weight is 419 g/mol. The van der Waals surface area contributed by atoms with E-state index >= 15 is 0 Å². The predicted octanol–water partition coefficient (Wildman–Crippen LogP) is 2.73. The van der Waals surface area contributed by atoms with Crippen LogP contribution < -0.4 is 20.3 Å². The highest BCUT2D eigenvalue weighted by Crippen LogP contribution is 2.41. The van der Waals surface area contributed by atoms with E-state index in [-0.39, 0.29) is 22.7 Å². The third-order valence-corrected chi connectivity index (χ3v) is 5.79. The summed E-state index contributed by atoms with van der Waals surface area (Å²) in [5.74, 6) is 1.27. The number of nitrogens with zero attached hydrogens (tertiary/aromatic N) is 2. The zero-order chi connectivity index (χ0) is 20.1. The summed E-state index contributed by atoms with van der Waals surface area (Å²) in [6, 6.07) is 8.37. The van der Waals surface area contributed by atoms with Crippen LogP contribution in [0.2, 0.25) is 5.02 Å². The molecule has 28 heavy (non-hydrogen) atoms. The summed E-state index contributed by atoms with van der Waals surface area (Å²) in [4.78, 5) is 7.93. The van der Waals surface area contributed by atoms with Crippen molar-refractivity contribution in [2.75, 3.05) is 12.5 Å². The Hall–Kier alpha value is -2.88. The van der Waals surface area contributed by atoms with Gasteiger partial charge in [0.15, 0.2) is 11.5 Å². The number of halogens is 1. The molecule has 3 aromatic rings. The number of fused-ring (bicyclic) bond motifs is 1. The Morgan fingerprint density at radius 3 is 2.54 bits per heavy atom. The fourth-order valence-electron chi connectivity index (χ4n) is 3.00. The topological polar surface area (TPSA) is 130 Å². The van der Waals surface area contributed by atoms with Crippen LogP contribution in [0.4, 0.5) is 5.95 Å². The van der Waals surface area contributed by atoms with Gasteiger partial charge in [0.25, 0.3) is 0 Å². The van der Waals surface area contributed by atoms with Crippen LogP contribution in [0.25, 0.3) is 22.3 Å². The van der Waals surface area contributed by atoms with Crippen molar-refractivity contribution in [3.05, 3.63) is 47.2 Å². The fourth-order valence-corrected chi connectivity index (χ4v) is 4.19. The standard InChI is InChI=1S/C18H15ClN4O4S/c1-9-13(7-22-18(20)23-9)11-4-12(17(19)16(6-11)28(21,24)25)10-2-3-14-15(5-10)27-8-26-14/h2-7H,8H2,1H3,(H2,20,22,23)(H2,21,24,25). The minimum atomic E-state index is -4.08. The van der Waals surface area contributed by atoms with Gasteiger partial charge < -0.3 is 15.2 Å². The summed E-state index contributed by atoms with van der Waals surface area (Å²) in [6.07, 6.45) is 1.53. The number of aryl methyl sites for hydroxylation is 1. The van der Waals surface area contributed by atoms with Crippen LogP contribution >= 0.6 is 11.6 Å². The Morgan fingerprint density at radius 1 is 1.07 bits per heavy atom. The number of anilines is 1. The summed E-state index contributed by atoms with van der Waals surface area (Å²) in [6.45, 7) is 1.87. The first-order chi connectivity index (χ1) is 13.2. The minimum absolute atomic E-state index is 0.0131. The van der Waals surface area contributed by atoms with E-state index in [2.05, 4.69) is 9.97 Å². The number of hydrogen-bond donors (Lipinski definition) is 2. The van der Waals surface area contributed by atoms with Crippen LogP contribution in [-0.2, 0) is 10.0 Å². The van der Waals surface area contributed by atoms with E-state index in [4.69, 9.17) is 31.9 Å². The molecule has 0 spiro atoms. The molecule has 0 radical (unpaired) electrons. The molecule has 0 aliphatic carbocycles. The molecule has 0 saturated carbocycles. The Balaban J connectivity index is 1.98. The fraction of sp³-hybridized carbons (Fsp3) is 0.111. The highest BCUT2D eigenvalue weighted by molar-refractivity contribution is 7.89. The second-order valence-corrected chi connectivity index (χ2v) is 8.08. The molecule has 2 heterocycles. The quantitative estimate of drug-likeness (QED) is 0.668. The maximum Gasteiger partial charge on any atom is 0.239 e. The molecule has 0 saturated heterocycles. The number of sulfonamides is 1. The monoisotopic (exact) mass is 418 g/mol. The van der Waals surface area contributed by atoms with Crippen molar-refractivity contribution in [3.63, 3.8) is 0 Å². The summed E-state index contributed by atoms with van der Waals surface area (Å²) in [5, 5.41) is 5.41. The molecule has 144 valence electrons. The van der Waals surface area contributed by atoms with Crippen LogP contribution in [0.3, 0.4) is 0 Å². The van der Waals surface area contributed by atoms with Gasteiger partial charge in [-0.25, -0.2) is 23.5 Å². The first-order valence-corrected chi connectivity index (χ1v) is 10.0. The zero-order valence-corrected chi connectivity index (χ0v) is 16.2. The lowest BCUT2D eigenvalue weighted by Crippen LogP contribution is -2.13. The largest absolute Gasteiger partial charge is 0.454 e. The number of primary sulfonamides is 1. The summed E-state index contributed by atoms with van der Waals surface area (Å²) in [7, 11) is -4.08. The Labute approximate surface area is 166 Å². The second kappa shape index (κ2) is 6.62. The van der Waals surface area contributed by atoms with Crippen LogP contribution in [0.1, 0.15) is 5.69 Å². The molecule has 0 unspecified atom stereocenters. The lowest BCUT2D eigenvalue weighted by Gasteiger charge is -2.14. The molecule has 2 aromatic carbocycles. The van der Waals surface area contributed by atoms with Gasteiger partial charge in [-0.3, -0.25) is 0 Å². The Morgan fingerprint density at radius 2 is 1.82 bits per heavy atom. The van der Waals surface area contributed by atoms with E-state index in [9.17, 15) is 8.42 Å². The third-order valence-electron chi connectivity index (χ3n) is 4.34. The zero-order valence-electron chi connectivity index (χ0n) is 14.6. The first kappa shape index (κ1) is 18.5. The van der Waals surface area contributed by atoms with Gasteiger partial charge in [-0.2, -0.15) is 0 Å². The summed E-state index contributed by atoms with van der Waals surface area (Å²) < 4.78 is 35.0. The summed E-state index contributed by atoms with van der Waals surface area (Å²) in [5.41, 5.74) is 8.47. The number of ether oxygens (including phenoxy) is 2. The predicted molar refractivity (Wildman–Crippen MR) is 105 cm³/mol. The molecular weight excluding hydrogens is 404 g/mol.